The second-order valence-electron chi connectivity index (χ2n) is 4.26. The largest absolute Gasteiger partial charge is 0.481 e. The van der Waals surface area contributed by atoms with E-state index in [1.807, 2.05) is 0 Å². The van der Waals surface area contributed by atoms with Gasteiger partial charge in [0.15, 0.2) is 0 Å². The lowest BCUT2D eigenvalue weighted by Crippen LogP contribution is -2.63. The first kappa shape index (κ1) is 13.6. The number of carbonyl (C=O) groups is 3. The highest BCUT2D eigenvalue weighted by Crippen LogP contribution is 2.29. The van der Waals surface area contributed by atoms with E-state index in [2.05, 4.69) is 5.32 Å². The highest BCUT2D eigenvalue weighted by atomic mass is 16.4. The topological polar surface area (TPSA) is 130 Å². The van der Waals surface area contributed by atoms with E-state index < -0.39 is 36.0 Å². The van der Waals surface area contributed by atoms with Gasteiger partial charge in [-0.05, 0) is 19.3 Å². The minimum atomic E-state index is -1.39. The molecule has 17 heavy (non-hydrogen) atoms. The third kappa shape index (κ3) is 2.80. The molecule has 0 radical (unpaired) electrons. The van der Waals surface area contributed by atoms with Crippen molar-refractivity contribution >= 4 is 18.2 Å². The molecule has 0 aromatic rings. The summed E-state index contributed by atoms with van der Waals surface area (Å²) in [5.41, 5.74) is 4.35. The first-order valence-corrected chi connectivity index (χ1v) is 5.36. The summed E-state index contributed by atoms with van der Waals surface area (Å²) in [6.45, 7) is 0. The molecule has 0 spiro atoms. The van der Waals surface area contributed by atoms with Crippen LogP contribution in [0, 0.1) is 0 Å². The molecule has 1 rings (SSSR count). The minimum Gasteiger partial charge on any atom is -0.481 e. The van der Waals surface area contributed by atoms with Crippen LogP contribution >= 0.6 is 0 Å². The molecule has 3 atom stereocenters. The second-order valence-corrected chi connectivity index (χ2v) is 4.26. The summed E-state index contributed by atoms with van der Waals surface area (Å²) in [7, 11) is 0. The van der Waals surface area contributed by atoms with Crippen molar-refractivity contribution in [3.8, 4) is 0 Å². The zero-order chi connectivity index (χ0) is 13.1. The van der Waals surface area contributed by atoms with Gasteiger partial charge in [0.1, 0.15) is 11.8 Å². The first-order valence-electron chi connectivity index (χ1n) is 5.36. The number of hydrogen-bond donors (Lipinski definition) is 4. The summed E-state index contributed by atoms with van der Waals surface area (Å²) < 4.78 is 0. The highest BCUT2D eigenvalue weighted by Gasteiger charge is 2.48. The van der Waals surface area contributed by atoms with Crippen molar-refractivity contribution in [2.75, 3.05) is 0 Å². The van der Waals surface area contributed by atoms with E-state index in [1.165, 1.54) is 0 Å². The minimum absolute atomic E-state index is 0.299. The van der Waals surface area contributed by atoms with Crippen LogP contribution in [0.4, 0.5) is 0 Å². The second kappa shape index (κ2) is 5.24. The van der Waals surface area contributed by atoms with Crippen LogP contribution < -0.4 is 11.1 Å². The summed E-state index contributed by atoms with van der Waals surface area (Å²) in [5.74, 6) is -2.30. The van der Waals surface area contributed by atoms with Crippen LogP contribution in [0.1, 0.15) is 25.7 Å². The Morgan fingerprint density at radius 1 is 1.53 bits per heavy atom. The molecule has 0 bridgehead atoms. The smallest absolute Gasteiger partial charge is 0.325 e. The molecule has 0 amide bonds. The maximum absolute atomic E-state index is 11.3. The molecule has 0 aliphatic heterocycles. The summed E-state index contributed by atoms with van der Waals surface area (Å²) in [6.07, 6.45) is 1.43. The van der Waals surface area contributed by atoms with E-state index in [1.54, 1.807) is 0 Å². The zero-order valence-corrected chi connectivity index (χ0v) is 9.26. The molecule has 1 saturated carbocycles. The van der Waals surface area contributed by atoms with Crippen molar-refractivity contribution < 1.29 is 24.6 Å². The Kier molecular flexibility index (Phi) is 4.19. The van der Waals surface area contributed by atoms with E-state index in [0.29, 0.717) is 25.5 Å². The number of carboxylic acid groups (broad SMARTS) is 2. The van der Waals surface area contributed by atoms with Gasteiger partial charge in [-0.3, -0.25) is 14.9 Å². The molecule has 2 unspecified atom stereocenters. The molecule has 1 fully saturated rings. The molecular formula is C10H16N2O5. The summed E-state index contributed by atoms with van der Waals surface area (Å²) >= 11 is 0. The average Bonchev–Trinajstić information content (AvgIpc) is 2.59. The number of aliphatic carboxylic acids is 2. The van der Waals surface area contributed by atoms with Crippen molar-refractivity contribution in [3.05, 3.63) is 0 Å². The van der Waals surface area contributed by atoms with Crippen LogP contribution in [0.15, 0.2) is 0 Å². The Balaban J connectivity index is 2.82. The van der Waals surface area contributed by atoms with Gasteiger partial charge in [0.05, 0.1) is 12.5 Å². The molecular weight excluding hydrogens is 228 g/mol. The lowest BCUT2D eigenvalue weighted by Gasteiger charge is -2.32. The number of carboxylic acids is 2. The van der Waals surface area contributed by atoms with Gasteiger partial charge in [-0.2, -0.15) is 0 Å². The molecule has 0 aromatic carbocycles. The summed E-state index contributed by atoms with van der Waals surface area (Å²) in [5, 5.41) is 20.4. The van der Waals surface area contributed by atoms with Gasteiger partial charge in [0.25, 0.3) is 0 Å². The van der Waals surface area contributed by atoms with Crippen LogP contribution in [-0.4, -0.2) is 46.1 Å². The Hall–Kier alpha value is -1.47. The van der Waals surface area contributed by atoms with Gasteiger partial charge in [0, 0.05) is 6.04 Å². The van der Waals surface area contributed by atoms with Crippen LogP contribution in [0.25, 0.3) is 0 Å². The quantitative estimate of drug-likeness (QED) is 0.439. The van der Waals surface area contributed by atoms with Crippen LogP contribution in [-0.2, 0) is 14.4 Å². The number of rotatable bonds is 6. The van der Waals surface area contributed by atoms with Gasteiger partial charge in [0.2, 0.25) is 0 Å². The van der Waals surface area contributed by atoms with Gasteiger partial charge in [-0.1, -0.05) is 0 Å². The SMILES string of the molecule is NC1CCCC1(N[C@H](C=O)CC(=O)O)C(=O)O. The number of aldehydes is 1. The van der Waals surface area contributed by atoms with Crippen LogP contribution in [0.5, 0.6) is 0 Å². The molecule has 1 aliphatic carbocycles. The lowest BCUT2D eigenvalue weighted by atomic mass is 9.92. The number of nitrogens with two attached hydrogens (primary N) is 1. The maximum atomic E-state index is 11.3. The predicted molar refractivity (Wildman–Crippen MR) is 57.4 cm³/mol. The normalized spacial score (nSPS) is 29.8. The van der Waals surface area contributed by atoms with E-state index in [4.69, 9.17) is 10.8 Å². The maximum Gasteiger partial charge on any atom is 0.325 e. The Morgan fingerprint density at radius 3 is 2.53 bits per heavy atom. The fourth-order valence-corrected chi connectivity index (χ4v) is 2.19. The molecule has 5 N–H and O–H groups in total. The first-order chi connectivity index (χ1) is 7.92. The monoisotopic (exact) mass is 244 g/mol. The molecule has 7 nitrogen and oxygen atoms in total. The van der Waals surface area contributed by atoms with Crippen molar-refractivity contribution in [1.82, 2.24) is 5.32 Å². The Bertz CT molecular complexity index is 333. The van der Waals surface area contributed by atoms with Crippen molar-refractivity contribution in [2.45, 2.75) is 43.3 Å². The number of nitrogens with one attached hydrogen (secondary N) is 1. The number of hydrogen-bond acceptors (Lipinski definition) is 5. The molecule has 0 heterocycles. The molecule has 0 saturated heterocycles. The highest BCUT2D eigenvalue weighted by molar-refractivity contribution is 5.82. The summed E-state index contributed by atoms with van der Waals surface area (Å²) in [4.78, 5) is 32.5. The predicted octanol–water partition coefficient (Wildman–Crippen LogP) is -1.05. The van der Waals surface area contributed by atoms with Crippen LogP contribution in [0.2, 0.25) is 0 Å². The van der Waals surface area contributed by atoms with E-state index >= 15 is 0 Å². The van der Waals surface area contributed by atoms with Gasteiger partial charge in [-0.15, -0.1) is 0 Å². The Labute approximate surface area is 98.0 Å². The zero-order valence-electron chi connectivity index (χ0n) is 9.26. The third-order valence-corrected chi connectivity index (χ3v) is 3.10. The van der Waals surface area contributed by atoms with E-state index in [9.17, 15) is 19.5 Å². The standard InChI is InChI=1S/C10H16N2O5/c11-7-2-1-3-10(7,9(16)17)12-6(5-13)4-8(14)15/h5-7,12H,1-4,11H2,(H,14,15)(H,16,17)/t6-,7?,10?/m0/s1. The van der Waals surface area contributed by atoms with Crippen molar-refractivity contribution in [2.24, 2.45) is 5.73 Å². The average molecular weight is 244 g/mol. The van der Waals surface area contributed by atoms with E-state index in [-0.39, 0.29) is 0 Å². The lowest BCUT2D eigenvalue weighted by molar-refractivity contribution is -0.147. The van der Waals surface area contributed by atoms with Gasteiger partial charge in [-0.25, -0.2) is 0 Å². The fraction of sp³-hybridized carbons (Fsp3) is 0.700. The molecule has 1 aliphatic rings. The van der Waals surface area contributed by atoms with Crippen molar-refractivity contribution in [1.29, 1.82) is 0 Å². The van der Waals surface area contributed by atoms with E-state index in [0.717, 1.165) is 0 Å². The third-order valence-electron chi connectivity index (χ3n) is 3.10. The fourth-order valence-electron chi connectivity index (χ4n) is 2.19. The van der Waals surface area contributed by atoms with Gasteiger partial charge < -0.3 is 20.7 Å². The molecule has 96 valence electrons. The number of carbonyl (C=O) groups excluding carboxylic acids is 1. The van der Waals surface area contributed by atoms with Crippen LogP contribution in [0.3, 0.4) is 0 Å². The summed E-state index contributed by atoms with van der Waals surface area (Å²) in [6, 6.07) is -1.65. The Morgan fingerprint density at radius 2 is 2.18 bits per heavy atom. The molecule has 0 aromatic heterocycles. The molecule has 7 heteroatoms. The van der Waals surface area contributed by atoms with Gasteiger partial charge >= 0.3 is 11.9 Å². The van der Waals surface area contributed by atoms with Crippen molar-refractivity contribution in [3.63, 3.8) is 0 Å².